The van der Waals surface area contributed by atoms with Crippen LogP contribution in [0.5, 0.6) is 0 Å². The highest BCUT2D eigenvalue weighted by molar-refractivity contribution is 4.93. The maximum absolute atomic E-state index is 9.60. The molecule has 0 bridgehead atoms. The zero-order valence-corrected chi connectivity index (χ0v) is 10.9. The molecule has 2 atom stereocenters. The molecule has 0 aliphatic heterocycles. The van der Waals surface area contributed by atoms with E-state index in [1.165, 1.54) is 25.7 Å². The number of hydrogen-bond acceptors (Lipinski definition) is 2. The third kappa shape index (κ3) is 10.2. The fraction of sp³-hybridized carbons (Fsp3) is 0.857. The van der Waals surface area contributed by atoms with Crippen molar-refractivity contribution in [2.75, 3.05) is 0 Å². The normalized spacial score (nSPS) is 15.5. The summed E-state index contributed by atoms with van der Waals surface area (Å²) in [6.45, 7) is 4.30. The molecule has 0 spiro atoms. The Morgan fingerprint density at radius 1 is 0.750 bits per heavy atom. The summed E-state index contributed by atoms with van der Waals surface area (Å²) >= 11 is 0. The van der Waals surface area contributed by atoms with Crippen molar-refractivity contribution >= 4 is 0 Å². The first-order valence-electron chi connectivity index (χ1n) is 6.75. The molecule has 2 N–H and O–H groups in total. The lowest BCUT2D eigenvalue weighted by molar-refractivity contribution is 0.192. The minimum atomic E-state index is -0.382. The largest absolute Gasteiger partial charge is 0.389 e. The molecule has 0 aliphatic rings. The van der Waals surface area contributed by atoms with Crippen LogP contribution in [0.25, 0.3) is 0 Å². The van der Waals surface area contributed by atoms with Gasteiger partial charge in [-0.2, -0.15) is 0 Å². The Hall–Kier alpha value is -0.340. The Morgan fingerprint density at radius 2 is 1.12 bits per heavy atom. The molecule has 0 rings (SSSR count). The van der Waals surface area contributed by atoms with E-state index in [0.717, 1.165) is 25.7 Å². The predicted molar refractivity (Wildman–Crippen MR) is 69.4 cm³/mol. The van der Waals surface area contributed by atoms with Crippen LogP contribution in [0.2, 0.25) is 0 Å². The number of rotatable bonds is 10. The minimum Gasteiger partial charge on any atom is -0.389 e. The molecule has 0 aromatic rings. The summed E-state index contributed by atoms with van der Waals surface area (Å²) in [6, 6.07) is 0. The molecule has 0 radical (unpaired) electrons. The lowest BCUT2D eigenvalue weighted by atomic mass is 10.1. The second-order valence-electron chi connectivity index (χ2n) is 4.51. The van der Waals surface area contributed by atoms with Crippen LogP contribution in [0.4, 0.5) is 0 Å². The summed E-state index contributed by atoms with van der Waals surface area (Å²) in [5, 5.41) is 19.2. The van der Waals surface area contributed by atoms with Crippen molar-refractivity contribution in [1.82, 2.24) is 0 Å². The Morgan fingerprint density at radius 3 is 1.44 bits per heavy atom. The fourth-order valence-corrected chi connectivity index (χ4v) is 1.66. The van der Waals surface area contributed by atoms with Gasteiger partial charge in [0.25, 0.3) is 0 Å². The molecule has 0 aliphatic carbocycles. The maximum Gasteiger partial charge on any atom is 0.0721 e. The van der Waals surface area contributed by atoms with Gasteiger partial charge in [0.1, 0.15) is 0 Å². The van der Waals surface area contributed by atoms with Crippen LogP contribution in [-0.2, 0) is 0 Å². The van der Waals surface area contributed by atoms with E-state index in [1.807, 2.05) is 0 Å². The lowest BCUT2D eigenvalue weighted by Gasteiger charge is -2.07. The summed E-state index contributed by atoms with van der Waals surface area (Å²) in [6.07, 6.45) is 11.2. The molecular formula is C14H28O2. The number of aliphatic hydroxyl groups is 2. The maximum atomic E-state index is 9.60. The van der Waals surface area contributed by atoms with Crippen molar-refractivity contribution in [2.24, 2.45) is 0 Å². The molecule has 96 valence electrons. The Labute approximate surface area is 100 Å². The zero-order valence-electron chi connectivity index (χ0n) is 10.9. The van der Waals surface area contributed by atoms with Crippen LogP contribution in [0, 0.1) is 0 Å². The number of aliphatic hydroxyl groups excluding tert-OH is 2. The topological polar surface area (TPSA) is 40.5 Å². The van der Waals surface area contributed by atoms with Crippen molar-refractivity contribution in [3.05, 3.63) is 12.2 Å². The van der Waals surface area contributed by atoms with Crippen LogP contribution in [-0.4, -0.2) is 22.4 Å². The van der Waals surface area contributed by atoms with E-state index < -0.39 is 0 Å². The van der Waals surface area contributed by atoms with E-state index >= 15 is 0 Å². The highest BCUT2D eigenvalue weighted by atomic mass is 16.3. The molecule has 0 saturated heterocycles. The monoisotopic (exact) mass is 228 g/mol. The van der Waals surface area contributed by atoms with Gasteiger partial charge < -0.3 is 10.2 Å². The number of hydrogen-bond donors (Lipinski definition) is 2. The van der Waals surface area contributed by atoms with Gasteiger partial charge in [0.2, 0.25) is 0 Å². The van der Waals surface area contributed by atoms with E-state index in [0.29, 0.717) is 0 Å². The molecule has 0 aromatic carbocycles. The summed E-state index contributed by atoms with van der Waals surface area (Å²) in [7, 11) is 0. The van der Waals surface area contributed by atoms with E-state index in [4.69, 9.17) is 0 Å². The smallest absolute Gasteiger partial charge is 0.0721 e. The van der Waals surface area contributed by atoms with Gasteiger partial charge in [-0.3, -0.25) is 0 Å². The van der Waals surface area contributed by atoms with Crippen LogP contribution in [0.1, 0.15) is 65.2 Å². The van der Waals surface area contributed by atoms with Crippen molar-refractivity contribution < 1.29 is 10.2 Å². The first-order chi connectivity index (χ1) is 7.70. The summed E-state index contributed by atoms with van der Waals surface area (Å²) in [5.41, 5.74) is 0. The van der Waals surface area contributed by atoms with Crippen LogP contribution in [0.3, 0.4) is 0 Å². The molecule has 2 nitrogen and oxygen atoms in total. The first kappa shape index (κ1) is 15.7. The third-order valence-electron chi connectivity index (χ3n) is 2.76. The molecule has 0 saturated carbocycles. The Balaban J connectivity index is 3.54. The Bertz CT molecular complexity index is 148. The van der Waals surface area contributed by atoms with Gasteiger partial charge in [-0.15, -0.1) is 0 Å². The summed E-state index contributed by atoms with van der Waals surface area (Å²) in [4.78, 5) is 0. The highest BCUT2D eigenvalue weighted by Gasteiger charge is 2.01. The van der Waals surface area contributed by atoms with Gasteiger partial charge >= 0.3 is 0 Å². The van der Waals surface area contributed by atoms with Crippen LogP contribution < -0.4 is 0 Å². The van der Waals surface area contributed by atoms with E-state index in [2.05, 4.69) is 13.8 Å². The molecular weight excluding hydrogens is 200 g/mol. The van der Waals surface area contributed by atoms with Gasteiger partial charge in [-0.25, -0.2) is 0 Å². The second kappa shape index (κ2) is 11.2. The van der Waals surface area contributed by atoms with Crippen LogP contribution >= 0.6 is 0 Å². The third-order valence-corrected chi connectivity index (χ3v) is 2.76. The van der Waals surface area contributed by atoms with Crippen molar-refractivity contribution in [2.45, 2.75) is 77.4 Å². The Kier molecular flexibility index (Phi) is 10.9. The highest BCUT2D eigenvalue weighted by Crippen LogP contribution is 2.07. The van der Waals surface area contributed by atoms with Crippen LogP contribution in [0.15, 0.2) is 12.2 Å². The minimum absolute atomic E-state index is 0.382. The lowest BCUT2D eigenvalue weighted by Crippen LogP contribution is -2.06. The summed E-state index contributed by atoms with van der Waals surface area (Å²) in [5.74, 6) is 0. The molecule has 0 aromatic heterocycles. The van der Waals surface area contributed by atoms with E-state index in [1.54, 1.807) is 12.2 Å². The number of unbranched alkanes of at least 4 members (excludes halogenated alkanes) is 4. The molecule has 2 heteroatoms. The molecule has 2 unspecified atom stereocenters. The molecule has 0 amide bonds. The van der Waals surface area contributed by atoms with Crippen molar-refractivity contribution in [1.29, 1.82) is 0 Å². The summed E-state index contributed by atoms with van der Waals surface area (Å²) < 4.78 is 0. The SMILES string of the molecule is CCCCCC(O)C=CC(O)CCCCC. The fourth-order valence-electron chi connectivity index (χ4n) is 1.66. The average molecular weight is 228 g/mol. The second-order valence-corrected chi connectivity index (χ2v) is 4.51. The van der Waals surface area contributed by atoms with Gasteiger partial charge in [-0.1, -0.05) is 64.5 Å². The predicted octanol–water partition coefficient (Wildman–Crippen LogP) is 3.43. The van der Waals surface area contributed by atoms with Gasteiger partial charge in [0.15, 0.2) is 0 Å². The van der Waals surface area contributed by atoms with E-state index in [9.17, 15) is 10.2 Å². The van der Waals surface area contributed by atoms with Crippen molar-refractivity contribution in [3.8, 4) is 0 Å². The van der Waals surface area contributed by atoms with Crippen molar-refractivity contribution in [3.63, 3.8) is 0 Å². The van der Waals surface area contributed by atoms with Gasteiger partial charge in [0, 0.05) is 0 Å². The van der Waals surface area contributed by atoms with Gasteiger partial charge in [0.05, 0.1) is 12.2 Å². The van der Waals surface area contributed by atoms with E-state index in [-0.39, 0.29) is 12.2 Å². The average Bonchev–Trinajstić information content (AvgIpc) is 2.27. The first-order valence-corrected chi connectivity index (χ1v) is 6.75. The zero-order chi connectivity index (χ0) is 12.2. The standard InChI is InChI=1S/C14H28O2/c1-3-5-7-9-13(15)11-12-14(16)10-8-6-4-2/h11-16H,3-10H2,1-2H3. The molecule has 0 heterocycles. The molecule has 16 heavy (non-hydrogen) atoms. The van der Waals surface area contributed by atoms with Gasteiger partial charge in [-0.05, 0) is 12.8 Å². The quantitative estimate of drug-likeness (QED) is 0.444. The molecule has 0 fully saturated rings.